The highest BCUT2D eigenvalue weighted by atomic mass is 32.2. The number of aliphatic hydroxyl groups is 1. The first kappa shape index (κ1) is 30.9. The maximum Gasteiger partial charge on any atom is 0.337 e. The van der Waals surface area contributed by atoms with Crippen molar-refractivity contribution in [2.24, 2.45) is 5.41 Å². The first-order valence-corrected chi connectivity index (χ1v) is 15.9. The Kier molecular flexibility index (Phi) is 9.05. The Bertz CT molecular complexity index is 1490. The molecule has 11 heteroatoms. The zero-order valence-electron chi connectivity index (χ0n) is 23.2. The Labute approximate surface area is 241 Å². The third kappa shape index (κ3) is 7.22. The Hall–Kier alpha value is -3.09. The number of carbonyl (C=O) groups excluding carboxylic acids is 1. The predicted octanol–water partition coefficient (Wildman–Crippen LogP) is 4.65. The molecule has 0 aromatic heterocycles. The Balaban J connectivity index is 1.55. The first-order valence-electron chi connectivity index (χ1n) is 13.1. The lowest BCUT2D eigenvalue weighted by molar-refractivity contribution is -0.0622. The lowest BCUT2D eigenvalue weighted by atomic mass is 9.67. The van der Waals surface area contributed by atoms with Gasteiger partial charge < -0.3 is 9.84 Å². The van der Waals surface area contributed by atoms with Gasteiger partial charge in [-0.05, 0) is 81.5 Å². The molecule has 9 nitrogen and oxygen atoms in total. The zero-order chi connectivity index (χ0) is 29.9. The molecule has 0 heterocycles. The van der Waals surface area contributed by atoms with Crippen LogP contribution in [0.5, 0.6) is 0 Å². The first-order chi connectivity index (χ1) is 19.3. The molecular weight excluding hydrogens is 568 g/mol. The topological polar surface area (TPSA) is 133 Å². The Morgan fingerprint density at radius 3 is 1.51 bits per heavy atom. The van der Waals surface area contributed by atoms with Gasteiger partial charge in [0.15, 0.2) is 0 Å². The van der Waals surface area contributed by atoms with Crippen LogP contribution in [0.25, 0.3) is 0 Å². The van der Waals surface area contributed by atoms with Gasteiger partial charge in [0.2, 0.25) is 0 Å². The van der Waals surface area contributed by atoms with Gasteiger partial charge in [0, 0.05) is 5.41 Å². The largest absolute Gasteiger partial charge is 0.465 e. The van der Waals surface area contributed by atoms with E-state index in [1.54, 1.807) is 48.5 Å². The second kappa shape index (κ2) is 12.0. The molecule has 41 heavy (non-hydrogen) atoms. The Morgan fingerprint density at radius 1 is 0.707 bits per heavy atom. The molecule has 3 aromatic carbocycles. The number of aryl methyl sites for hydroxylation is 2. The molecular formula is C30H34O9S2. The molecule has 1 fully saturated rings. The molecule has 4 rings (SSSR count). The summed E-state index contributed by atoms with van der Waals surface area (Å²) < 4.78 is 67.6. The average Bonchev–Trinajstić information content (AvgIpc) is 2.97. The molecule has 220 valence electrons. The monoisotopic (exact) mass is 602 g/mol. The molecule has 1 saturated carbocycles. The van der Waals surface area contributed by atoms with E-state index in [9.17, 15) is 26.7 Å². The molecule has 0 atom stereocenters. The Morgan fingerprint density at radius 2 is 1.12 bits per heavy atom. The van der Waals surface area contributed by atoms with E-state index in [0.717, 1.165) is 11.1 Å². The summed E-state index contributed by atoms with van der Waals surface area (Å²) in [6.45, 7) is 3.02. The molecule has 0 aliphatic heterocycles. The molecule has 1 aliphatic carbocycles. The fourth-order valence-corrected chi connectivity index (χ4v) is 6.82. The normalized spacial score (nSPS) is 16.7. The van der Waals surface area contributed by atoms with E-state index in [1.165, 1.54) is 31.4 Å². The van der Waals surface area contributed by atoms with Gasteiger partial charge in [-0.15, -0.1) is 0 Å². The fraction of sp³-hybridized carbons (Fsp3) is 0.367. The van der Waals surface area contributed by atoms with Crippen molar-refractivity contribution in [3.8, 4) is 0 Å². The predicted molar refractivity (Wildman–Crippen MR) is 151 cm³/mol. The van der Waals surface area contributed by atoms with Gasteiger partial charge in [-0.2, -0.15) is 16.8 Å². The van der Waals surface area contributed by atoms with Crippen LogP contribution >= 0.6 is 0 Å². The van der Waals surface area contributed by atoms with Crippen LogP contribution < -0.4 is 0 Å². The molecule has 0 amide bonds. The lowest BCUT2D eigenvalue weighted by Crippen LogP contribution is -2.43. The van der Waals surface area contributed by atoms with Gasteiger partial charge in [0.05, 0.1) is 41.3 Å². The number of rotatable bonds is 10. The van der Waals surface area contributed by atoms with Crippen molar-refractivity contribution < 1.29 is 39.8 Å². The van der Waals surface area contributed by atoms with Crippen LogP contribution in [0.1, 0.15) is 52.7 Å². The van der Waals surface area contributed by atoms with Gasteiger partial charge in [0.25, 0.3) is 20.2 Å². The van der Waals surface area contributed by atoms with E-state index in [4.69, 9.17) is 13.1 Å². The van der Waals surface area contributed by atoms with Crippen LogP contribution in [0.2, 0.25) is 0 Å². The summed E-state index contributed by atoms with van der Waals surface area (Å²) in [7, 11) is -6.98. The van der Waals surface area contributed by atoms with Gasteiger partial charge in [0.1, 0.15) is 0 Å². The number of hydrogen-bond acceptors (Lipinski definition) is 9. The molecule has 0 saturated heterocycles. The summed E-state index contributed by atoms with van der Waals surface area (Å²) >= 11 is 0. The molecule has 0 spiro atoms. The van der Waals surface area contributed by atoms with Gasteiger partial charge >= 0.3 is 5.97 Å². The summed E-state index contributed by atoms with van der Waals surface area (Å²) in [5.41, 5.74) is 0.412. The van der Waals surface area contributed by atoms with E-state index in [0.29, 0.717) is 11.1 Å². The van der Waals surface area contributed by atoms with Crippen molar-refractivity contribution >= 4 is 26.2 Å². The minimum atomic E-state index is -4.13. The van der Waals surface area contributed by atoms with E-state index in [-0.39, 0.29) is 48.7 Å². The van der Waals surface area contributed by atoms with Crippen molar-refractivity contribution in [1.82, 2.24) is 0 Å². The lowest BCUT2D eigenvalue weighted by Gasteiger charge is -2.43. The zero-order valence-corrected chi connectivity index (χ0v) is 24.8. The molecule has 0 radical (unpaired) electrons. The smallest absolute Gasteiger partial charge is 0.337 e. The maximum atomic E-state index is 13.0. The van der Waals surface area contributed by atoms with Crippen molar-refractivity contribution in [2.75, 3.05) is 20.3 Å². The van der Waals surface area contributed by atoms with Crippen LogP contribution in [0, 0.1) is 19.3 Å². The minimum Gasteiger partial charge on any atom is -0.465 e. The average molecular weight is 603 g/mol. The minimum absolute atomic E-state index is 0.00976. The third-order valence-corrected chi connectivity index (χ3v) is 10.2. The summed E-state index contributed by atoms with van der Waals surface area (Å²) in [5, 5.41) is 11.5. The molecule has 0 bridgehead atoms. The van der Waals surface area contributed by atoms with E-state index >= 15 is 0 Å². The maximum absolute atomic E-state index is 13.0. The number of benzene rings is 3. The van der Waals surface area contributed by atoms with E-state index in [1.807, 2.05) is 13.8 Å². The van der Waals surface area contributed by atoms with E-state index < -0.39 is 37.2 Å². The second-order valence-corrected chi connectivity index (χ2v) is 13.9. The highest BCUT2D eigenvalue weighted by Gasteiger charge is 2.45. The molecule has 0 unspecified atom stereocenters. The number of methoxy groups -OCH3 is 1. The highest BCUT2D eigenvalue weighted by molar-refractivity contribution is 7.87. The summed E-state index contributed by atoms with van der Waals surface area (Å²) in [5.74, 6) is -0.495. The van der Waals surface area contributed by atoms with Crippen LogP contribution in [-0.4, -0.2) is 48.2 Å². The molecule has 1 aliphatic rings. The van der Waals surface area contributed by atoms with Crippen LogP contribution in [-0.2, 0) is 38.9 Å². The van der Waals surface area contributed by atoms with Crippen molar-refractivity contribution in [3.05, 3.63) is 95.1 Å². The van der Waals surface area contributed by atoms with Crippen molar-refractivity contribution in [2.45, 2.75) is 54.9 Å². The number of hydrogen-bond donors (Lipinski definition) is 1. The standard InChI is InChI=1S/C30H34O9S2/c1-22-4-12-26(13-5-22)40(33,34)38-20-29(21-39-41(35,36)27-14-6-23(2)7-15-27)16-18-30(32,19-17-29)25-10-8-24(9-11-25)28(31)37-3/h4-15,32H,16-21H2,1-3H3. The summed E-state index contributed by atoms with van der Waals surface area (Å²) in [6, 6.07) is 18.9. The van der Waals surface area contributed by atoms with Gasteiger partial charge in [-0.3, -0.25) is 8.37 Å². The van der Waals surface area contributed by atoms with Crippen molar-refractivity contribution in [3.63, 3.8) is 0 Å². The number of ether oxygens (including phenoxy) is 1. The van der Waals surface area contributed by atoms with Gasteiger partial charge in [-0.25, -0.2) is 4.79 Å². The van der Waals surface area contributed by atoms with Crippen LogP contribution in [0.3, 0.4) is 0 Å². The fourth-order valence-electron chi connectivity index (χ4n) is 4.80. The van der Waals surface area contributed by atoms with E-state index in [2.05, 4.69) is 0 Å². The van der Waals surface area contributed by atoms with Crippen LogP contribution in [0.15, 0.2) is 82.6 Å². The molecule has 1 N–H and O–H groups in total. The SMILES string of the molecule is COC(=O)c1ccc(C2(O)CCC(COS(=O)(=O)c3ccc(C)cc3)(COS(=O)(=O)c3ccc(C)cc3)CC2)cc1. The van der Waals surface area contributed by atoms with Crippen LogP contribution in [0.4, 0.5) is 0 Å². The quantitative estimate of drug-likeness (QED) is 0.260. The highest BCUT2D eigenvalue weighted by Crippen LogP contribution is 2.47. The third-order valence-electron chi connectivity index (χ3n) is 7.64. The number of esters is 1. The molecule has 3 aromatic rings. The summed E-state index contributed by atoms with van der Waals surface area (Å²) in [6.07, 6.45) is 0.809. The van der Waals surface area contributed by atoms with Crippen molar-refractivity contribution in [1.29, 1.82) is 0 Å². The second-order valence-electron chi connectivity index (χ2n) is 10.7. The number of carbonyl (C=O) groups is 1. The van der Waals surface area contributed by atoms with Gasteiger partial charge in [-0.1, -0.05) is 47.5 Å². The summed E-state index contributed by atoms with van der Waals surface area (Å²) in [4.78, 5) is 11.8.